The number of ether oxygens (including phenoxy) is 2. The van der Waals surface area contributed by atoms with Gasteiger partial charge in [0.15, 0.2) is 6.04 Å². The molecule has 0 saturated carbocycles. The third kappa shape index (κ3) is 5.86. The Kier molecular flexibility index (Phi) is 7.50. The lowest BCUT2D eigenvalue weighted by molar-refractivity contribution is -0.143. The second-order valence-corrected chi connectivity index (χ2v) is 8.00. The molecule has 1 fully saturated rings. The Bertz CT molecular complexity index is 1060. The highest BCUT2D eigenvalue weighted by atomic mass is 16.5. The molecule has 1 aliphatic heterocycles. The summed E-state index contributed by atoms with van der Waals surface area (Å²) in [6.07, 6.45) is 0. The lowest BCUT2D eigenvalue weighted by Gasteiger charge is -2.26. The van der Waals surface area contributed by atoms with Crippen LogP contribution in [0.1, 0.15) is 27.5 Å². The molecule has 1 aliphatic rings. The van der Waals surface area contributed by atoms with Crippen LogP contribution in [0.2, 0.25) is 0 Å². The van der Waals surface area contributed by atoms with Crippen LogP contribution in [0.5, 0.6) is 0 Å². The first-order chi connectivity index (χ1) is 16.1. The lowest BCUT2D eigenvalue weighted by Crippen LogP contribution is -2.35. The Morgan fingerprint density at radius 2 is 1.52 bits per heavy atom. The zero-order valence-electron chi connectivity index (χ0n) is 18.7. The van der Waals surface area contributed by atoms with E-state index in [4.69, 9.17) is 9.47 Å². The topological polar surface area (TPSA) is 67.9 Å². The van der Waals surface area contributed by atoms with E-state index in [0.29, 0.717) is 11.1 Å². The third-order valence-electron chi connectivity index (χ3n) is 5.79. The van der Waals surface area contributed by atoms with Crippen LogP contribution in [0.3, 0.4) is 0 Å². The van der Waals surface area contributed by atoms with Gasteiger partial charge in [0.05, 0.1) is 20.3 Å². The number of nitrogens with one attached hydrogen (secondary N) is 1. The van der Waals surface area contributed by atoms with Crippen LogP contribution in [-0.2, 0) is 20.8 Å². The molecule has 1 atom stereocenters. The zero-order valence-corrected chi connectivity index (χ0v) is 18.7. The lowest BCUT2D eigenvalue weighted by atomic mass is 10.0. The minimum absolute atomic E-state index is 0.332. The van der Waals surface area contributed by atoms with Gasteiger partial charge in [0.25, 0.3) is 5.91 Å². The summed E-state index contributed by atoms with van der Waals surface area (Å²) in [4.78, 5) is 27.4. The number of benzene rings is 3. The molecule has 1 amide bonds. The largest absolute Gasteiger partial charge is 0.467 e. The fraction of sp³-hybridized carbons (Fsp3) is 0.259. The molecule has 3 aromatic carbocycles. The highest BCUT2D eigenvalue weighted by Crippen LogP contribution is 2.22. The van der Waals surface area contributed by atoms with Crippen LogP contribution >= 0.6 is 0 Å². The van der Waals surface area contributed by atoms with Crippen molar-refractivity contribution >= 4 is 11.9 Å². The van der Waals surface area contributed by atoms with E-state index in [1.165, 1.54) is 12.7 Å². The van der Waals surface area contributed by atoms with E-state index >= 15 is 0 Å². The minimum Gasteiger partial charge on any atom is -0.467 e. The summed E-state index contributed by atoms with van der Waals surface area (Å²) in [5.74, 6) is -0.843. The molecule has 0 bridgehead atoms. The maximum absolute atomic E-state index is 12.8. The second-order valence-electron chi connectivity index (χ2n) is 8.00. The first-order valence-corrected chi connectivity index (χ1v) is 11.1. The molecule has 0 radical (unpaired) electrons. The minimum atomic E-state index is -0.859. The SMILES string of the molecule is COC(=O)[C@@H](NC(=O)c1ccc(-c2ccc(CN3CCOCC3)cc2)cc1)c1ccccc1. The number of carbonyl (C=O) groups is 2. The zero-order chi connectivity index (χ0) is 23.0. The number of esters is 1. The van der Waals surface area contributed by atoms with Crippen LogP contribution in [0.25, 0.3) is 11.1 Å². The molecule has 0 spiro atoms. The molecule has 0 unspecified atom stereocenters. The van der Waals surface area contributed by atoms with Crippen LogP contribution in [-0.4, -0.2) is 50.2 Å². The van der Waals surface area contributed by atoms with Crippen molar-refractivity contribution in [3.63, 3.8) is 0 Å². The van der Waals surface area contributed by atoms with Crippen molar-refractivity contribution in [1.29, 1.82) is 0 Å². The maximum atomic E-state index is 12.8. The number of nitrogens with zero attached hydrogens (tertiary/aromatic N) is 1. The van der Waals surface area contributed by atoms with E-state index in [1.807, 2.05) is 30.3 Å². The van der Waals surface area contributed by atoms with E-state index in [0.717, 1.165) is 44.0 Å². The van der Waals surface area contributed by atoms with Crippen LogP contribution < -0.4 is 5.32 Å². The fourth-order valence-corrected chi connectivity index (χ4v) is 3.89. The highest BCUT2D eigenvalue weighted by molar-refractivity contribution is 5.97. The van der Waals surface area contributed by atoms with Gasteiger partial charge in [-0.25, -0.2) is 4.79 Å². The molecular weight excluding hydrogens is 416 g/mol. The van der Waals surface area contributed by atoms with Gasteiger partial charge in [-0.05, 0) is 34.4 Å². The average molecular weight is 445 g/mol. The molecule has 170 valence electrons. The van der Waals surface area contributed by atoms with Crippen molar-refractivity contribution in [1.82, 2.24) is 10.2 Å². The monoisotopic (exact) mass is 444 g/mol. The molecule has 6 nitrogen and oxygen atoms in total. The van der Waals surface area contributed by atoms with Gasteiger partial charge in [-0.3, -0.25) is 9.69 Å². The Balaban J connectivity index is 1.41. The third-order valence-corrected chi connectivity index (χ3v) is 5.79. The van der Waals surface area contributed by atoms with Gasteiger partial charge in [0, 0.05) is 25.2 Å². The van der Waals surface area contributed by atoms with Crippen molar-refractivity contribution in [3.05, 3.63) is 95.6 Å². The number of morpholine rings is 1. The predicted octanol–water partition coefficient (Wildman–Crippen LogP) is 3.83. The van der Waals surface area contributed by atoms with Crippen LogP contribution in [0.15, 0.2) is 78.9 Å². The Hall–Kier alpha value is -3.48. The van der Waals surface area contributed by atoms with Crippen LogP contribution in [0.4, 0.5) is 0 Å². The van der Waals surface area contributed by atoms with Crippen molar-refractivity contribution in [3.8, 4) is 11.1 Å². The summed E-state index contributed by atoms with van der Waals surface area (Å²) in [5.41, 5.74) is 4.53. The summed E-state index contributed by atoms with van der Waals surface area (Å²) < 4.78 is 10.3. The van der Waals surface area contributed by atoms with E-state index in [-0.39, 0.29) is 5.91 Å². The average Bonchev–Trinajstić information content (AvgIpc) is 2.88. The van der Waals surface area contributed by atoms with Crippen molar-refractivity contribution in [2.24, 2.45) is 0 Å². The Morgan fingerprint density at radius 1 is 0.909 bits per heavy atom. The molecule has 1 saturated heterocycles. The summed E-state index contributed by atoms with van der Waals surface area (Å²) in [6, 6.07) is 24.1. The quantitative estimate of drug-likeness (QED) is 0.561. The summed E-state index contributed by atoms with van der Waals surface area (Å²) >= 11 is 0. The normalized spacial score (nSPS) is 14.9. The van der Waals surface area contributed by atoms with Crippen LogP contribution in [0, 0.1) is 0 Å². The van der Waals surface area contributed by atoms with E-state index in [9.17, 15) is 9.59 Å². The predicted molar refractivity (Wildman–Crippen MR) is 127 cm³/mol. The van der Waals surface area contributed by atoms with E-state index < -0.39 is 12.0 Å². The molecule has 0 aromatic heterocycles. The number of carbonyl (C=O) groups excluding carboxylic acids is 2. The second kappa shape index (κ2) is 10.9. The van der Waals surface area contributed by atoms with Gasteiger partial charge in [0.2, 0.25) is 0 Å². The molecule has 1 N–H and O–H groups in total. The fourth-order valence-electron chi connectivity index (χ4n) is 3.89. The van der Waals surface area contributed by atoms with Gasteiger partial charge >= 0.3 is 5.97 Å². The molecule has 1 heterocycles. The first kappa shape index (κ1) is 22.7. The van der Waals surface area contributed by atoms with E-state index in [1.54, 1.807) is 24.3 Å². The molecular formula is C27H28N2O4. The number of hydrogen-bond acceptors (Lipinski definition) is 5. The van der Waals surface area contributed by atoms with Crippen molar-refractivity contribution in [2.75, 3.05) is 33.4 Å². The summed E-state index contributed by atoms with van der Waals surface area (Å²) in [5, 5.41) is 2.78. The molecule has 6 heteroatoms. The van der Waals surface area contributed by atoms with Crippen molar-refractivity contribution in [2.45, 2.75) is 12.6 Å². The maximum Gasteiger partial charge on any atom is 0.333 e. The van der Waals surface area contributed by atoms with Gasteiger partial charge in [-0.15, -0.1) is 0 Å². The van der Waals surface area contributed by atoms with Gasteiger partial charge in [0.1, 0.15) is 0 Å². The summed E-state index contributed by atoms with van der Waals surface area (Å²) in [6.45, 7) is 4.44. The summed E-state index contributed by atoms with van der Waals surface area (Å²) in [7, 11) is 1.31. The number of methoxy groups -OCH3 is 1. The number of hydrogen-bond donors (Lipinski definition) is 1. The number of amides is 1. The first-order valence-electron chi connectivity index (χ1n) is 11.1. The smallest absolute Gasteiger partial charge is 0.333 e. The van der Waals surface area contributed by atoms with Gasteiger partial charge in [-0.2, -0.15) is 0 Å². The molecule has 3 aromatic rings. The molecule has 33 heavy (non-hydrogen) atoms. The van der Waals surface area contributed by atoms with Gasteiger partial charge in [-0.1, -0.05) is 66.7 Å². The number of rotatable bonds is 7. The Labute approximate surface area is 194 Å². The van der Waals surface area contributed by atoms with Crippen molar-refractivity contribution < 1.29 is 19.1 Å². The van der Waals surface area contributed by atoms with Gasteiger partial charge < -0.3 is 14.8 Å². The highest BCUT2D eigenvalue weighted by Gasteiger charge is 2.24. The Morgan fingerprint density at radius 3 is 2.12 bits per heavy atom. The molecule has 4 rings (SSSR count). The van der Waals surface area contributed by atoms with E-state index in [2.05, 4.69) is 34.5 Å². The molecule has 0 aliphatic carbocycles. The standard InChI is InChI=1S/C27H28N2O4/c1-32-27(31)25(23-5-3-2-4-6-23)28-26(30)24-13-11-22(12-14-24)21-9-7-20(8-10-21)19-29-15-17-33-18-16-29/h2-14,25H,15-19H2,1H3,(H,28,30)/t25-/m0/s1.